The van der Waals surface area contributed by atoms with Crippen molar-refractivity contribution >= 4 is 0 Å². The molecular formula is C16H23NO2. The zero-order valence-corrected chi connectivity index (χ0v) is 11.6. The van der Waals surface area contributed by atoms with Gasteiger partial charge in [-0.1, -0.05) is 12.1 Å². The third kappa shape index (κ3) is 7.50. The van der Waals surface area contributed by atoms with Gasteiger partial charge >= 0.3 is 0 Å². The van der Waals surface area contributed by atoms with Crippen molar-refractivity contribution in [2.75, 3.05) is 19.7 Å². The Labute approximate surface area is 116 Å². The summed E-state index contributed by atoms with van der Waals surface area (Å²) < 4.78 is 5.53. The van der Waals surface area contributed by atoms with E-state index in [1.807, 2.05) is 31.2 Å². The molecular weight excluding hydrogens is 238 g/mol. The fraction of sp³-hybridized carbons (Fsp3) is 0.500. The molecule has 0 aromatic heterocycles. The second-order valence-corrected chi connectivity index (χ2v) is 4.65. The van der Waals surface area contributed by atoms with Gasteiger partial charge in [0.25, 0.3) is 0 Å². The summed E-state index contributed by atoms with van der Waals surface area (Å²) in [5.41, 5.74) is 1.15. The number of aliphatic hydroxyl groups is 1. The summed E-state index contributed by atoms with van der Waals surface area (Å²) in [6.07, 6.45) is 7.56. The molecule has 0 amide bonds. The molecule has 0 aliphatic heterocycles. The van der Waals surface area contributed by atoms with Gasteiger partial charge < -0.3 is 15.2 Å². The first-order chi connectivity index (χ1) is 9.22. The van der Waals surface area contributed by atoms with E-state index in [0.717, 1.165) is 37.1 Å². The third-order valence-corrected chi connectivity index (χ3v) is 2.74. The van der Waals surface area contributed by atoms with E-state index in [9.17, 15) is 5.11 Å². The Kier molecular flexibility index (Phi) is 7.72. The number of nitrogens with one attached hydrogen (secondary N) is 1. The molecule has 1 aromatic carbocycles. The van der Waals surface area contributed by atoms with Crippen LogP contribution in [0.5, 0.6) is 5.75 Å². The van der Waals surface area contributed by atoms with Gasteiger partial charge in [-0.25, -0.2) is 0 Å². The lowest BCUT2D eigenvalue weighted by atomic mass is 10.2. The average Bonchev–Trinajstić information content (AvgIpc) is 2.40. The Morgan fingerprint density at radius 2 is 2.26 bits per heavy atom. The lowest BCUT2D eigenvalue weighted by Gasteiger charge is -2.13. The summed E-state index contributed by atoms with van der Waals surface area (Å²) in [7, 11) is 0. The Morgan fingerprint density at radius 3 is 3.00 bits per heavy atom. The molecule has 0 saturated heterocycles. The molecule has 0 heterocycles. The van der Waals surface area contributed by atoms with Gasteiger partial charge in [0.2, 0.25) is 0 Å². The molecule has 1 unspecified atom stereocenters. The fourth-order valence-corrected chi connectivity index (χ4v) is 1.70. The number of benzene rings is 1. The molecule has 3 nitrogen and oxygen atoms in total. The largest absolute Gasteiger partial charge is 0.491 e. The second kappa shape index (κ2) is 9.43. The molecule has 0 radical (unpaired) electrons. The van der Waals surface area contributed by atoms with Crippen LogP contribution in [0.4, 0.5) is 0 Å². The highest BCUT2D eigenvalue weighted by Crippen LogP contribution is 2.12. The Hall–Kier alpha value is -1.50. The van der Waals surface area contributed by atoms with E-state index in [2.05, 4.69) is 11.2 Å². The highest BCUT2D eigenvalue weighted by atomic mass is 16.5. The number of hydrogen-bond donors (Lipinski definition) is 2. The highest BCUT2D eigenvalue weighted by Gasteiger charge is 2.04. The van der Waals surface area contributed by atoms with E-state index in [4.69, 9.17) is 11.2 Å². The molecule has 104 valence electrons. The van der Waals surface area contributed by atoms with Gasteiger partial charge in [-0.05, 0) is 44.0 Å². The van der Waals surface area contributed by atoms with Gasteiger partial charge in [0, 0.05) is 13.0 Å². The van der Waals surface area contributed by atoms with Crippen molar-refractivity contribution in [1.29, 1.82) is 0 Å². The minimum Gasteiger partial charge on any atom is -0.491 e. The first-order valence-corrected chi connectivity index (χ1v) is 6.74. The monoisotopic (exact) mass is 261 g/mol. The van der Waals surface area contributed by atoms with Crippen LogP contribution in [-0.4, -0.2) is 30.9 Å². The maximum Gasteiger partial charge on any atom is 0.119 e. The second-order valence-electron chi connectivity index (χ2n) is 4.65. The van der Waals surface area contributed by atoms with Crippen molar-refractivity contribution in [3.63, 3.8) is 0 Å². The summed E-state index contributed by atoms with van der Waals surface area (Å²) in [5.74, 6) is 3.41. The van der Waals surface area contributed by atoms with Gasteiger partial charge in [-0.2, -0.15) is 0 Å². The van der Waals surface area contributed by atoms with Crippen molar-refractivity contribution in [2.45, 2.75) is 32.3 Å². The van der Waals surface area contributed by atoms with Crippen molar-refractivity contribution < 1.29 is 9.84 Å². The number of unbranched alkanes of at least 4 members (excludes halogenated alkanes) is 2. The SMILES string of the molecule is C#CCCCCNCC(O)COc1cccc(C)c1. The maximum atomic E-state index is 9.76. The topological polar surface area (TPSA) is 41.5 Å². The minimum absolute atomic E-state index is 0.306. The molecule has 1 rings (SSSR count). The van der Waals surface area contributed by atoms with Crippen LogP contribution < -0.4 is 10.1 Å². The van der Waals surface area contributed by atoms with Crippen LogP contribution in [-0.2, 0) is 0 Å². The van der Waals surface area contributed by atoms with Crippen molar-refractivity contribution in [3.8, 4) is 18.1 Å². The first-order valence-electron chi connectivity index (χ1n) is 6.74. The standard InChI is InChI=1S/C16H23NO2/c1-3-4-5-6-10-17-12-15(18)13-19-16-9-7-8-14(2)11-16/h1,7-9,11,15,17-18H,4-6,10,12-13H2,2H3. The lowest BCUT2D eigenvalue weighted by Crippen LogP contribution is -2.32. The predicted octanol–water partition coefficient (Wildman–Crippen LogP) is 2.13. The van der Waals surface area contributed by atoms with Crippen molar-refractivity contribution in [3.05, 3.63) is 29.8 Å². The normalized spacial score (nSPS) is 11.8. The quantitative estimate of drug-likeness (QED) is 0.528. The molecule has 3 heteroatoms. The van der Waals surface area contributed by atoms with Crippen LogP contribution in [0.25, 0.3) is 0 Å². The van der Waals surface area contributed by atoms with Crippen molar-refractivity contribution in [2.24, 2.45) is 0 Å². The number of terminal acetylenes is 1. The van der Waals surface area contributed by atoms with Crippen LogP contribution in [0.15, 0.2) is 24.3 Å². The zero-order valence-electron chi connectivity index (χ0n) is 11.6. The van der Waals surface area contributed by atoms with Gasteiger partial charge in [-0.3, -0.25) is 0 Å². The first kappa shape index (κ1) is 15.6. The molecule has 1 aromatic rings. The summed E-state index contributed by atoms with van der Waals surface area (Å²) in [6, 6.07) is 7.81. The van der Waals surface area contributed by atoms with Crippen LogP contribution in [0.1, 0.15) is 24.8 Å². The van der Waals surface area contributed by atoms with Crippen LogP contribution in [0.2, 0.25) is 0 Å². The minimum atomic E-state index is -0.492. The molecule has 2 N–H and O–H groups in total. The van der Waals surface area contributed by atoms with E-state index in [1.54, 1.807) is 0 Å². The van der Waals surface area contributed by atoms with E-state index < -0.39 is 6.10 Å². The Morgan fingerprint density at radius 1 is 1.42 bits per heavy atom. The predicted molar refractivity (Wildman–Crippen MR) is 78.2 cm³/mol. The van der Waals surface area contributed by atoms with Crippen LogP contribution in [0, 0.1) is 19.3 Å². The molecule has 0 spiro atoms. The van der Waals surface area contributed by atoms with Gasteiger partial charge in [0.1, 0.15) is 18.5 Å². The average molecular weight is 261 g/mol. The summed E-state index contributed by atoms with van der Waals surface area (Å²) in [4.78, 5) is 0. The van der Waals surface area contributed by atoms with E-state index in [-0.39, 0.29) is 0 Å². The van der Waals surface area contributed by atoms with Gasteiger partial charge in [-0.15, -0.1) is 12.3 Å². The smallest absolute Gasteiger partial charge is 0.119 e. The van der Waals surface area contributed by atoms with Crippen LogP contribution in [0.3, 0.4) is 0 Å². The third-order valence-electron chi connectivity index (χ3n) is 2.74. The summed E-state index contributed by atoms with van der Waals surface area (Å²) in [6.45, 7) is 3.74. The number of rotatable bonds is 9. The number of ether oxygens (including phenoxy) is 1. The molecule has 19 heavy (non-hydrogen) atoms. The lowest BCUT2D eigenvalue weighted by molar-refractivity contribution is 0.106. The van der Waals surface area contributed by atoms with Crippen LogP contribution >= 0.6 is 0 Å². The number of hydrogen-bond acceptors (Lipinski definition) is 3. The van der Waals surface area contributed by atoms with Crippen molar-refractivity contribution in [1.82, 2.24) is 5.32 Å². The molecule has 0 fully saturated rings. The molecule has 1 atom stereocenters. The molecule has 0 aliphatic rings. The van der Waals surface area contributed by atoms with E-state index in [0.29, 0.717) is 13.2 Å². The highest BCUT2D eigenvalue weighted by molar-refractivity contribution is 5.27. The molecule has 0 aliphatic carbocycles. The van der Waals surface area contributed by atoms with E-state index in [1.165, 1.54) is 0 Å². The summed E-state index contributed by atoms with van der Waals surface area (Å²) in [5, 5.41) is 13.0. The Balaban J connectivity index is 2.08. The fourth-order valence-electron chi connectivity index (χ4n) is 1.70. The van der Waals surface area contributed by atoms with Gasteiger partial charge in [0.15, 0.2) is 0 Å². The van der Waals surface area contributed by atoms with E-state index >= 15 is 0 Å². The maximum absolute atomic E-state index is 9.76. The number of aryl methyl sites for hydroxylation is 1. The van der Waals surface area contributed by atoms with Gasteiger partial charge in [0.05, 0.1) is 0 Å². The summed E-state index contributed by atoms with van der Waals surface area (Å²) >= 11 is 0. The Bertz CT molecular complexity index is 398. The molecule has 0 saturated carbocycles. The number of aliphatic hydroxyl groups excluding tert-OH is 1. The zero-order chi connectivity index (χ0) is 13.9. The molecule has 0 bridgehead atoms.